The van der Waals surface area contributed by atoms with E-state index in [0.29, 0.717) is 11.3 Å². The van der Waals surface area contributed by atoms with Crippen molar-refractivity contribution in [2.24, 2.45) is 11.3 Å². The number of hydrogen-bond acceptors (Lipinski definition) is 3. The molecule has 0 amide bonds. The van der Waals surface area contributed by atoms with Gasteiger partial charge >= 0.3 is 0 Å². The van der Waals surface area contributed by atoms with Crippen molar-refractivity contribution >= 4 is 0 Å². The zero-order valence-corrected chi connectivity index (χ0v) is 14.2. The lowest BCUT2D eigenvalue weighted by Crippen LogP contribution is -2.46. The lowest BCUT2D eigenvalue weighted by atomic mass is 9.74. The molecule has 1 heterocycles. The molecule has 1 saturated carbocycles. The van der Waals surface area contributed by atoms with E-state index < -0.39 is 0 Å². The number of rotatable bonds is 6. The van der Waals surface area contributed by atoms with Gasteiger partial charge in [-0.3, -0.25) is 0 Å². The predicted molar refractivity (Wildman–Crippen MR) is 88.1 cm³/mol. The highest BCUT2D eigenvalue weighted by Crippen LogP contribution is 2.40. The summed E-state index contributed by atoms with van der Waals surface area (Å²) in [4.78, 5) is 2.64. The SMILES string of the molecule is CCC1(CC)CCN(CCC2CCCC2(C#N)NC)CC1. The molecule has 0 aromatic heterocycles. The Morgan fingerprint density at radius 1 is 1.19 bits per heavy atom. The maximum absolute atomic E-state index is 9.53. The van der Waals surface area contributed by atoms with Crippen LogP contribution >= 0.6 is 0 Å². The Hall–Kier alpha value is -0.590. The van der Waals surface area contributed by atoms with E-state index in [4.69, 9.17) is 0 Å². The fraction of sp³-hybridized carbons (Fsp3) is 0.944. The molecule has 0 aromatic rings. The van der Waals surface area contributed by atoms with Gasteiger partial charge < -0.3 is 10.2 Å². The molecule has 2 atom stereocenters. The fourth-order valence-electron chi connectivity index (χ4n) is 4.55. The van der Waals surface area contributed by atoms with Crippen molar-refractivity contribution in [1.29, 1.82) is 5.26 Å². The van der Waals surface area contributed by atoms with Crippen molar-refractivity contribution < 1.29 is 0 Å². The molecule has 3 heteroatoms. The van der Waals surface area contributed by atoms with E-state index in [0.717, 1.165) is 6.42 Å². The topological polar surface area (TPSA) is 39.1 Å². The number of piperidine rings is 1. The molecule has 2 rings (SSSR count). The van der Waals surface area contributed by atoms with Gasteiger partial charge in [-0.1, -0.05) is 33.1 Å². The molecule has 120 valence electrons. The van der Waals surface area contributed by atoms with Crippen molar-refractivity contribution in [2.75, 3.05) is 26.7 Å². The number of hydrogen-bond donors (Lipinski definition) is 1. The number of nitriles is 1. The average Bonchev–Trinajstić information content (AvgIpc) is 2.97. The van der Waals surface area contributed by atoms with Gasteiger partial charge in [0.05, 0.1) is 6.07 Å². The Morgan fingerprint density at radius 2 is 1.86 bits per heavy atom. The maximum atomic E-state index is 9.53. The lowest BCUT2D eigenvalue weighted by Gasteiger charge is -2.41. The number of likely N-dealkylation sites (tertiary alicyclic amines) is 1. The molecule has 1 N–H and O–H groups in total. The molecule has 0 radical (unpaired) electrons. The van der Waals surface area contributed by atoms with Gasteiger partial charge in [-0.15, -0.1) is 0 Å². The summed E-state index contributed by atoms with van der Waals surface area (Å²) in [6.45, 7) is 8.40. The Balaban J connectivity index is 1.81. The minimum absolute atomic E-state index is 0.244. The molecule has 2 aliphatic rings. The monoisotopic (exact) mass is 291 g/mol. The normalized spacial score (nSPS) is 33.0. The van der Waals surface area contributed by atoms with Gasteiger partial charge in [-0.25, -0.2) is 0 Å². The van der Waals surface area contributed by atoms with Crippen LogP contribution in [-0.4, -0.2) is 37.1 Å². The van der Waals surface area contributed by atoms with Crippen LogP contribution in [0.5, 0.6) is 0 Å². The summed E-state index contributed by atoms with van der Waals surface area (Å²) < 4.78 is 0. The van der Waals surface area contributed by atoms with Crippen LogP contribution in [0.3, 0.4) is 0 Å². The summed E-state index contributed by atoms with van der Waals surface area (Å²) in [5.41, 5.74) is 0.373. The van der Waals surface area contributed by atoms with Crippen LogP contribution in [0.2, 0.25) is 0 Å². The molecule has 1 saturated heterocycles. The van der Waals surface area contributed by atoms with Gasteiger partial charge in [0.2, 0.25) is 0 Å². The van der Waals surface area contributed by atoms with Crippen molar-refractivity contribution in [3.05, 3.63) is 0 Å². The van der Waals surface area contributed by atoms with Crippen LogP contribution in [0.4, 0.5) is 0 Å². The first-order chi connectivity index (χ1) is 10.1. The second-order valence-corrected chi connectivity index (χ2v) is 7.26. The van der Waals surface area contributed by atoms with E-state index in [1.54, 1.807) is 0 Å². The van der Waals surface area contributed by atoms with Crippen molar-refractivity contribution in [1.82, 2.24) is 10.2 Å². The van der Waals surface area contributed by atoms with E-state index in [9.17, 15) is 5.26 Å². The molecule has 1 aliphatic heterocycles. The third-order valence-electron chi connectivity index (χ3n) is 6.68. The van der Waals surface area contributed by atoms with Crippen molar-refractivity contribution in [3.63, 3.8) is 0 Å². The Bertz CT molecular complexity index is 359. The quantitative estimate of drug-likeness (QED) is 0.813. The Labute approximate surface area is 131 Å². The van der Waals surface area contributed by atoms with Crippen LogP contribution in [0.15, 0.2) is 0 Å². The average molecular weight is 291 g/mol. The van der Waals surface area contributed by atoms with Crippen LogP contribution in [0, 0.1) is 22.7 Å². The molecule has 3 nitrogen and oxygen atoms in total. The van der Waals surface area contributed by atoms with Gasteiger partial charge in [0, 0.05) is 0 Å². The smallest absolute Gasteiger partial charge is 0.109 e. The molecular weight excluding hydrogens is 258 g/mol. The Morgan fingerprint density at radius 3 is 2.38 bits per heavy atom. The molecule has 0 spiro atoms. The van der Waals surface area contributed by atoms with Crippen molar-refractivity contribution in [3.8, 4) is 6.07 Å². The molecule has 2 fully saturated rings. The van der Waals surface area contributed by atoms with E-state index in [1.165, 1.54) is 64.6 Å². The van der Waals surface area contributed by atoms with E-state index in [2.05, 4.69) is 30.1 Å². The van der Waals surface area contributed by atoms with Gasteiger partial charge in [-0.05, 0) is 70.1 Å². The molecule has 2 unspecified atom stereocenters. The first kappa shape index (κ1) is 16.8. The first-order valence-corrected chi connectivity index (χ1v) is 8.96. The summed E-state index contributed by atoms with van der Waals surface area (Å²) >= 11 is 0. The van der Waals surface area contributed by atoms with E-state index >= 15 is 0 Å². The minimum Gasteiger partial charge on any atom is -0.303 e. The molecule has 0 bridgehead atoms. The fourth-order valence-corrected chi connectivity index (χ4v) is 4.55. The third-order valence-corrected chi connectivity index (χ3v) is 6.68. The molecular formula is C18H33N3. The molecule has 0 aromatic carbocycles. The van der Waals surface area contributed by atoms with Gasteiger partial charge in [-0.2, -0.15) is 5.26 Å². The summed E-state index contributed by atoms with van der Waals surface area (Å²) in [6, 6.07) is 2.57. The van der Waals surface area contributed by atoms with Crippen LogP contribution in [0.1, 0.15) is 65.2 Å². The zero-order valence-electron chi connectivity index (χ0n) is 14.2. The maximum Gasteiger partial charge on any atom is 0.109 e. The largest absolute Gasteiger partial charge is 0.303 e. The number of nitrogens with one attached hydrogen (secondary N) is 1. The first-order valence-electron chi connectivity index (χ1n) is 8.96. The Kier molecular flexibility index (Phi) is 5.68. The molecule has 1 aliphatic carbocycles. The van der Waals surface area contributed by atoms with Gasteiger partial charge in [0.25, 0.3) is 0 Å². The summed E-state index contributed by atoms with van der Waals surface area (Å²) in [6.07, 6.45) is 10.0. The molecule has 21 heavy (non-hydrogen) atoms. The number of nitrogens with zero attached hydrogens (tertiary/aromatic N) is 2. The van der Waals surface area contributed by atoms with Gasteiger partial charge in [0.15, 0.2) is 0 Å². The van der Waals surface area contributed by atoms with Crippen molar-refractivity contribution in [2.45, 2.75) is 70.8 Å². The van der Waals surface area contributed by atoms with E-state index in [1.807, 2.05) is 7.05 Å². The van der Waals surface area contributed by atoms with Crippen LogP contribution in [0.25, 0.3) is 0 Å². The summed E-state index contributed by atoms with van der Waals surface area (Å²) in [5, 5.41) is 12.8. The minimum atomic E-state index is -0.244. The second kappa shape index (κ2) is 7.11. The summed E-state index contributed by atoms with van der Waals surface area (Å²) in [5.74, 6) is 0.538. The highest BCUT2D eigenvalue weighted by molar-refractivity contribution is 5.13. The predicted octanol–water partition coefficient (Wildman–Crippen LogP) is 3.56. The zero-order chi connectivity index (χ0) is 15.3. The lowest BCUT2D eigenvalue weighted by molar-refractivity contribution is 0.0891. The standard InChI is InChI=1S/C18H33N3/c1-4-17(5-2)10-13-21(14-11-17)12-8-16-7-6-9-18(16,15-19)20-3/h16,20H,4-14H2,1-3H3. The van der Waals surface area contributed by atoms with Crippen LogP contribution in [-0.2, 0) is 0 Å². The van der Waals surface area contributed by atoms with Gasteiger partial charge in [0.1, 0.15) is 5.54 Å². The summed E-state index contributed by atoms with van der Waals surface area (Å²) in [7, 11) is 1.96. The highest BCUT2D eigenvalue weighted by atomic mass is 15.1. The van der Waals surface area contributed by atoms with Crippen LogP contribution < -0.4 is 5.32 Å². The third kappa shape index (κ3) is 3.43. The second-order valence-electron chi connectivity index (χ2n) is 7.26. The van der Waals surface area contributed by atoms with E-state index in [-0.39, 0.29) is 5.54 Å². The highest BCUT2D eigenvalue weighted by Gasteiger charge is 2.42.